The molecule has 3 aromatic carbocycles. The first-order valence-electron chi connectivity index (χ1n) is 17.1. The zero-order valence-electron chi connectivity index (χ0n) is 30.2. The van der Waals surface area contributed by atoms with Gasteiger partial charge in [-0.2, -0.15) is 0 Å². The number of ether oxygens (including phenoxy) is 7. The summed E-state index contributed by atoms with van der Waals surface area (Å²) in [4.78, 5) is 60.2. The molecule has 2 aliphatic heterocycles. The van der Waals surface area contributed by atoms with Gasteiger partial charge in [0.05, 0.1) is 0 Å². The molecule has 0 saturated carbocycles. The first-order valence-corrected chi connectivity index (χ1v) is 17.1. The quantitative estimate of drug-likeness (QED) is 0.0893. The second-order valence-electron chi connectivity index (χ2n) is 12.7. The van der Waals surface area contributed by atoms with Crippen LogP contribution in [-0.4, -0.2) is 61.2 Å². The number of rotatable bonds is 11. The maximum atomic E-state index is 12.2. The summed E-state index contributed by atoms with van der Waals surface area (Å²) in [6.45, 7) is 6.47. The van der Waals surface area contributed by atoms with Gasteiger partial charge < -0.3 is 37.6 Å². The molecule has 3 aromatic rings. The molecule has 0 bridgehead atoms. The summed E-state index contributed by atoms with van der Waals surface area (Å²) in [5.74, 6) is -1.55. The first kappa shape index (κ1) is 37.5. The Morgan fingerprint density at radius 3 is 2.04 bits per heavy atom. The van der Waals surface area contributed by atoms with Gasteiger partial charge in [0.2, 0.25) is 12.4 Å². The number of esters is 4. The zero-order chi connectivity index (χ0) is 38.5. The van der Waals surface area contributed by atoms with Crippen LogP contribution in [0.5, 0.6) is 11.5 Å². The Morgan fingerprint density at radius 2 is 1.35 bits per heavy atom. The molecule has 0 radical (unpaired) electrons. The van der Waals surface area contributed by atoms with Gasteiger partial charge >= 0.3 is 23.9 Å². The third-order valence-electron chi connectivity index (χ3n) is 8.61. The molecule has 0 spiro atoms. The molecular formula is C41H38O13. The minimum absolute atomic E-state index is 0.157. The van der Waals surface area contributed by atoms with Crippen molar-refractivity contribution in [1.82, 2.24) is 0 Å². The van der Waals surface area contributed by atoms with Crippen LogP contribution in [0.1, 0.15) is 38.8 Å². The Labute approximate surface area is 310 Å². The molecule has 280 valence electrons. The standard InChI is InChI=1S/C41H38O13/c1-22-8-6-7-9-31(22)37-32-16-12-28(46)18-34(32)53-35-19-30(15-17-33(35)37)48-20-27-10-13-29(14-11-27)52-41-40(51-26(5)45)39(50-25(4)44)38(49-24(3)43)36(54-41)21-47-23(2)42/h6-19,36,38-41H,20-21H2,1-5H3/t36-,38+,39+,40-,41-/m1/s1. The first-order chi connectivity index (χ1) is 25.9. The van der Waals surface area contributed by atoms with Crippen molar-refractivity contribution in [3.63, 3.8) is 0 Å². The van der Waals surface area contributed by atoms with E-state index >= 15 is 0 Å². The normalized spacial score (nSPS) is 19.5. The van der Waals surface area contributed by atoms with Crippen LogP contribution in [0.3, 0.4) is 0 Å². The number of benzene rings is 4. The molecule has 13 nitrogen and oxygen atoms in total. The molecule has 54 heavy (non-hydrogen) atoms. The maximum Gasteiger partial charge on any atom is 0.303 e. The lowest BCUT2D eigenvalue weighted by molar-refractivity contribution is -0.288. The van der Waals surface area contributed by atoms with Gasteiger partial charge in [0.1, 0.15) is 42.2 Å². The highest BCUT2D eigenvalue weighted by molar-refractivity contribution is 6.02. The fourth-order valence-corrected chi connectivity index (χ4v) is 6.33. The van der Waals surface area contributed by atoms with Gasteiger partial charge in [-0.15, -0.1) is 0 Å². The molecule has 0 amide bonds. The van der Waals surface area contributed by atoms with Gasteiger partial charge in [-0.25, -0.2) is 0 Å². The van der Waals surface area contributed by atoms with Gasteiger partial charge in [-0.3, -0.25) is 24.0 Å². The zero-order valence-corrected chi connectivity index (χ0v) is 30.2. The second-order valence-corrected chi connectivity index (χ2v) is 12.7. The van der Waals surface area contributed by atoms with Crippen molar-refractivity contribution in [2.24, 2.45) is 0 Å². The molecule has 6 rings (SSSR count). The van der Waals surface area contributed by atoms with Gasteiger partial charge in [0, 0.05) is 56.3 Å². The van der Waals surface area contributed by atoms with Crippen LogP contribution in [0.4, 0.5) is 0 Å². The van der Waals surface area contributed by atoms with Gasteiger partial charge in [0.15, 0.2) is 17.6 Å². The summed E-state index contributed by atoms with van der Waals surface area (Å²) in [5.41, 5.74) is 5.07. The topological polar surface area (TPSA) is 163 Å². The average molecular weight is 739 g/mol. The van der Waals surface area contributed by atoms with Gasteiger partial charge in [0.25, 0.3) is 0 Å². The molecule has 1 saturated heterocycles. The summed E-state index contributed by atoms with van der Waals surface area (Å²) in [7, 11) is 0. The Bertz CT molecular complexity index is 2210. The van der Waals surface area contributed by atoms with Gasteiger partial charge in [-0.1, -0.05) is 36.4 Å². The summed E-state index contributed by atoms with van der Waals surface area (Å²) >= 11 is 0. The van der Waals surface area contributed by atoms with E-state index in [-0.39, 0.29) is 24.4 Å². The number of hydrogen-bond acceptors (Lipinski definition) is 13. The smallest absolute Gasteiger partial charge is 0.303 e. The van der Waals surface area contributed by atoms with Crippen LogP contribution in [0, 0.1) is 6.92 Å². The van der Waals surface area contributed by atoms with Crippen LogP contribution < -0.4 is 14.9 Å². The van der Waals surface area contributed by atoms with Crippen molar-refractivity contribution in [1.29, 1.82) is 0 Å². The second kappa shape index (κ2) is 16.2. The van der Waals surface area contributed by atoms with Crippen molar-refractivity contribution in [2.75, 3.05) is 6.61 Å². The van der Waals surface area contributed by atoms with Crippen molar-refractivity contribution in [3.8, 4) is 33.9 Å². The molecule has 1 aliphatic carbocycles. The van der Waals surface area contributed by atoms with E-state index < -0.39 is 54.6 Å². The van der Waals surface area contributed by atoms with E-state index in [1.165, 1.54) is 19.1 Å². The van der Waals surface area contributed by atoms with Crippen LogP contribution in [0.15, 0.2) is 94.1 Å². The van der Waals surface area contributed by atoms with E-state index in [1.807, 2.05) is 43.3 Å². The van der Waals surface area contributed by atoms with E-state index in [0.29, 0.717) is 17.1 Å². The summed E-state index contributed by atoms with van der Waals surface area (Å²) in [6.07, 6.45) is -6.53. The molecule has 1 fully saturated rings. The highest BCUT2D eigenvalue weighted by atomic mass is 16.7. The predicted octanol–water partition coefficient (Wildman–Crippen LogP) is 5.91. The highest BCUT2D eigenvalue weighted by Crippen LogP contribution is 2.42. The van der Waals surface area contributed by atoms with E-state index in [0.717, 1.165) is 54.0 Å². The Balaban J connectivity index is 1.22. The Hall–Kier alpha value is -6.21. The molecular weight excluding hydrogens is 700 g/mol. The van der Waals surface area contributed by atoms with E-state index in [9.17, 15) is 24.0 Å². The minimum Gasteiger partial charge on any atom is -0.489 e. The van der Waals surface area contributed by atoms with E-state index in [1.54, 1.807) is 36.4 Å². The predicted molar refractivity (Wildman–Crippen MR) is 193 cm³/mol. The molecule has 0 aromatic heterocycles. The van der Waals surface area contributed by atoms with Crippen molar-refractivity contribution in [2.45, 2.75) is 71.9 Å². The molecule has 13 heteroatoms. The summed E-state index contributed by atoms with van der Waals surface area (Å²) in [5, 5.41) is 0.867. The number of hydrogen-bond donors (Lipinski definition) is 0. The number of carbonyl (C=O) groups is 4. The lowest BCUT2D eigenvalue weighted by Crippen LogP contribution is -2.63. The monoisotopic (exact) mass is 738 g/mol. The van der Waals surface area contributed by atoms with E-state index in [4.69, 9.17) is 37.6 Å². The number of aryl methyl sites for hydroxylation is 1. The highest BCUT2D eigenvalue weighted by Gasteiger charge is 2.53. The Morgan fingerprint density at radius 1 is 0.685 bits per heavy atom. The lowest BCUT2D eigenvalue weighted by atomic mass is 9.91. The van der Waals surface area contributed by atoms with Crippen LogP contribution in [0.25, 0.3) is 33.4 Å². The maximum absolute atomic E-state index is 12.2. The van der Waals surface area contributed by atoms with Crippen LogP contribution in [0.2, 0.25) is 0 Å². The summed E-state index contributed by atoms with van der Waals surface area (Å²) in [6, 6.07) is 25.2. The molecule has 0 unspecified atom stereocenters. The molecule has 5 atom stereocenters. The molecule has 3 aliphatic rings. The number of fused-ring (bicyclic) bond motifs is 2. The fraction of sp³-hybridized carbons (Fsp3) is 0.293. The third kappa shape index (κ3) is 8.69. The molecule has 2 heterocycles. The van der Waals surface area contributed by atoms with Crippen molar-refractivity contribution < 1.29 is 56.8 Å². The fourth-order valence-electron chi connectivity index (χ4n) is 6.33. The third-order valence-corrected chi connectivity index (χ3v) is 8.61. The average Bonchev–Trinajstić information content (AvgIpc) is 3.11. The van der Waals surface area contributed by atoms with Crippen molar-refractivity contribution in [3.05, 3.63) is 106 Å². The largest absolute Gasteiger partial charge is 0.489 e. The molecule has 0 N–H and O–H groups in total. The van der Waals surface area contributed by atoms with Crippen molar-refractivity contribution >= 4 is 34.8 Å². The van der Waals surface area contributed by atoms with Gasteiger partial charge in [-0.05, 0) is 60.0 Å². The SMILES string of the molecule is CC(=O)OC[C@H]1O[C@@H](Oc2ccc(COc3ccc4c(-c5ccccc5C)c5ccc(=O)cc-5oc4c3)cc2)[C@H](OC(C)=O)[C@@H](OC(C)=O)[C@H]1OC(C)=O. The van der Waals surface area contributed by atoms with Crippen LogP contribution >= 0.6 is 0 Å². The van der Waals surface area contributed by atoms with E-state index in [2.05, 4.69) is 0 Å². The summed E-state index contributed by atoms with van der Waals surface area (Å²) < 4.78 is 46.0. The lowest BCUT2D eigenvalue weighted by Gasteiger charge is -2.43. The minimum atomic E-state index is -1.37. The van der Waals surface area contributed by atoms with Crippen LogP contribution in [-0.2, 0) is 49.5 Å². The number of carbonyl (C=O) groups excluding carboxylic acids is 4. The Kier molecular flexibility index (Phi) is 11.3.